The molecule has 0 radical (unpaired) electrons. The summed E-state index contributed by atoms with van der Waals surface area (Å²) in [5.74, 6) is -0.148. The molecule has 1 unspecified atom stereocenters. The lowest BCUT2D eigenvalue weighted by molar-refractivity contribution is 0.0218. The number of imide groups is 1. The van der Waals surface area contributed by atoms with Crippen molar-refractivity contribution in [2.75, 3.05) is 18.0 Å². The van der Waals surface area contributed by atoms with Crippen LogP contribution >= 0.6 is 0 Å². The van der Waals surface area contributed by atoms with Crippen LogP contribution in [0.4, 0.5) is 20.2 Å². The molecule has 0 N–H and O–H groups in total. The highest BCUT2D eigenvalue weighted by Crippen LogP contribution is 2.35. The SMILES string of the molecule is CC(C)(C)OC(=O)N1CCCC(S(=O)(=O)c2ccc(-c3cnc(N(C(=O)OC(C)(C)C)C(=O)OC(C)(C)C)c(-c4cc(-c5ccccc5)no4)n3)cc2)C1. The second kappa shape index (κ2) is 15.2. The number of ether oxygens (including phenoxy) is 3. The fourth-order valence-electron chi connectivity index (χ4n) is 5.54. The highest BCUT2D eigenvalue weighted by molar-refractivity contribution is 7.92. The number of amides is 3. The van der Waals surface area contributed by atoms with Gasteiger partial charge in [0.15, 0.2) is 27.1 Å². The molecule has 4 aromatic rings. The van der Waals surface area contributed by atoms with Gasteiger partial charge < -0.3 is 23.6 Å². The number of anilines is 1. The predicted molar refractivity (Wildman–Crippen MR) is 201 cm³/mol. The van der Waals surface area contributed by atoms with Crippen molar-refractivity contribution in [3.8, 4) is 34.0 Å². The maximum Gasteiger partial charge on any atom is 0.425 e. The van der Waals surface area contributed by atoms with Crippen LogP contribution in [0.2, 0.25) is 0 Å². The third-order valence-electron chi connectivity index (χ3n) is 7.88. The summed E-state index contributed by atoms with van der Waals surface area (Å²) in [4.78, 5) is 51.5. The van der Waals surface area contributed by atoms with Gasteiger partial charge >= 0.3 is 18.3 Å². The Labute approximate surface area is 315 Å². The molecule has 1 aliphatic rings. The van der Waals surface area contributed by atoms with Crippen LogP contribution in [-0.4, -0.2) is 81.9 Å². The molecule has 3 amide bonds. The summed E-state index contributed by atoms with van der Waals surface area (Å²) in [5.41, 5.74) is -0.724. The molecule has 0 spiro atoms. The molecule has 288 valence electrons. The third-order valence-corrected chi connectivity index (χ3v) is 10.1. The summed E-state index contributed by atoms with van der Waals surface area (Å²) >= 11 is 0. The maximum atomic E-state index is 13.8. The Balaban J connectivity index is 1.53. The molecular formula is C39H47N5O9S. The smallest absolute Gasteiger partial charge is 0.425 e. The minimum atomic E-state index is -3.83. The molecule has 1 saturated heterocycles. The molecule has 54 heavy (non-hydrogen) atoms. The van der Waals surface area contributed by atoms with Gasteiger partial charge in [-0.2, -0.15) is 4.90 Å². The van der Waals surface area contributed by atoms with Gasteiger partial charge in [0, 0.05) is 30.3 Å². The Morgan fingerprint density at radius 3 is 1.94 bits per heavy atom. The van der Waals surface area contributed by atoms with Crippen molar-refractivity contribution >= 4 is 33.9 Å². The van der Waals surface area contributed by atoms with Crippen LogP contribution < -0.4 is 4.90 Å². The lowest BCUT2D eigenvalue weighted by atomic mass is 10.1. The van der Waals surface area contributed by atoms with Crippen molar-refractivity contribution < 1.29 is 41.5 Å². The van der Waals surface area contributed by atoms with Gasteiger partial charge in [0.25, 0.3) is 0 Å². The van der Waals surface area contributed by atoms with E-state index < -0.39 is 50.2 Å². The van der Waals surface area contributed by atoms with Crippen molar-refractivity contribution in [3.63, 3.8) is 0 Å². The van der Waals surface area contributed by atoms with Crippen LogP contribution in [0.3, 0.4) is 0 Å². The van der Waals surface area contributed by atoms with Crippen molar-refractivity contribution in [2.24, 2.45) is 0 Å². The van der Waals surface area contributed by atoms with E-state index in [1.165, 1.54) is 23.2 Å². The number of likely N-dealkylation sites (tertiary alicyclic amines) is 1. The van der Waals surface area contributed by atoms with Crippen LogP contribution in [-0.2, 0) is 24.0 Å². The fraction of sp³-hybridized carbons (Fsp3) is 0.436. The van der Waals surface area contributed by atoms with Crippen molar-refractivity contribution in [2.45, 2.75) is 102 Å². The predicted octanol–water partition coefficient (Wildman–Crippen LogP) is 8.32. The Bertz CT molecular complexity index is 2070. The number of aromatic nitrogens is 3. The molecule has 14 nitrogen and oxygen atoms in total. The molecule has 1 aliphatic heterocycles. The Morgan fingerprint density at radius 1 is 0.796 bits per heavy atom. The minimum Gasteiger partial charge on any atom is -0.444 e. The highest BCUT2D eigenvalue weighted by Gasteiger charge is 2.38. The van der Waals surface area contributed by atoms with E-state index in [2.05, 4.69) is 10.1 Å². The molecule has 0 saturated carbocycles. The van der Waals surface area contributed by atoms with E-state index in [1.54, 1.807) is 80.5 Å². The number of carbonyl (C=O) groups is 3. The summed E-state index contributed by atoms with van der Waals surface area (Å²) in [6, 6.07) is 17.0. The normalized spacial score (nSPS) is 15.4. The summed E-state index contributed by atoms with van der Waals surface area (Å²) in [5, 5.41) is 3.39. The molecule has 15 heteroatoms. The monoisotopic (exact) mass is 761 g/mol. The van der Waals surface area contributed by atoms with Gasteiger partial charge in [0.2, 0.25) is 0 Å². The van der Waals surface area contributed by atoms with Crippen molar-refractivity contribution in [1.29, 1.82) is 0 Å². The third kappa shape index (κ3) is 9.81. The Morgan fingerprint density at radius 2 is 1.37 bits per heavy atom. The summed E-state index contributed by atoms with van der Waals surface area (Å²) < 4.78 is 49.9. The first-order chi connectivity index (χ1) is 25.1. The molecule has 2 aromatic heterocycles. The maximum absolute atomic E-state index is 13.8. The number of carbonyl (C=O) groups excluding carboxylic acids is 3. The Hall–Kier alpha value is -5.31. The molecule has 2 aromatic carbocycles. The lowest BCUT2D eigenvalue weighted by Gasteiger charge is -2.33. The lowest BCUT2D eigenvalue weighted by Crippen LogP contribution is -2.47. The Kier molecular flexibility index (Phi) is 11.2. The molecule has 1 fully saturated rings. The molecule has 5 rings (SSSR count). The van der Waals surface area contributed by atoms with Crippen LogP contribution in [0, 0.1) is 0 Å². The van der Waals surface area contributed by atoms with Crippen LogP contribution in [0.1, 0.15) is 75.2 Å². The van der Waals surface area contributed by atoms with Gasteiger partial charge in [-0.25, -0.2) is 32.8 Å². The van der Waals surface area contributed by atoms with Crippen molar-refractivity contribution in [1.82, 2.24) is 20.0 Å². The molecule has 0 aliphatic carbocycles. The molecule has 3 heterocycles. The molecule has 1 atom stereocenters. The zero-order valence-electron chi connectivity index (χ0n) is 32.1. The van der Waals surface area contributed by atoms with E-state index in [0.29, 0.717) is 35.5 Å². The number of piperidine rings is 1. The van der Waals surface area contributed by atoms with Crippen LogP contribution in [0.25, 0.3) is 34.0 Å². The first-order valence-corrected chi connectivity index (χ1v) is 19.1. The number of hydrogen-bond acceptors (Lipinski definition) is 12. The van der Waals surface area contributed by atoms with Gasteiger partial charge in [-0.15, -0.1) is 0 Å². The number of nitrogens with zero attached hydrogens (tertiary/aromatic N) is 5. The van der Waals surface area contributed by atoms with Gasteiger partial charge in [-0.1, -0.05) is 47.6 Å². The van der Waals surface area contributed by atoms with E-state index in [0.717, 1.165) is 5.56 Å². The van der Waals surface area contributed by atoms with E-state index in [4.69, 9.17) is 23.7 Å². The second-order valence-electron chi connectivity index (χ2n) is 15.9. The number of benzene rings is 2. The average Bonchev–Trinajstić information content (AvgIpc) is 3.57. The van der Waals surface area contributed by atoms with E-state index in [1.807, 2.05) is 30.3 Å². The summed E-state index contributed by atoms with van der Waals surface area (Å²) in [6.45, 7) is 15.7. The van der Waals surface area contributed by atoms with E-state index in [9.17, 15) is 22.8 Å². The zero-order chi connectivity index (χ0) is 39.6. The van der Waals surface area contributed by atoms with Gasteiger partial charge in [0.1, 0.15) is 22.5 Å². The number of sulfone groups is 1. The van der Waals surface area contributed by atoms with Crippen LogP contribution in [0.5, 0.6) is 0 Å². The molecular weight excluding hydrogens is 715 g/mol. The van der Waals surface area contributed by atoms with E-state index in [-0.39, 0.29) is 34.4 Å². The standard InChI is InChI=1S/C39H47N5O9S/c1-37(2,3)50-34(45)43-21-13-16-28(24-43)54(48,49)27-19-17-26(18-20-27)30-23-40-33(44(35(46)51-38(4,5)6)36(47)52-39(7,8)9)32(41-30)31-22-29(42-53-31)25-14-11-10-12-15-25/h10-12,14-15,17-20,22-23,28H,13,16,21,24H2,1-9H3. The first kappa shape index (κ1) is 39.9. The van der Waals surface area contributed by atoms with Crippen molar-refractivity contribution in [3.05, 3.63) is 66.9 Å². The highest BCUT2D eigenvalue weighted by atomic mass is 32.2. The van der Waals surface area contributed by atoms with Gasteiger partial charge in [-0.05, 0) is 87.3 Å². The summed E-state index contributed by atoms with van der Waals surface area (Å²) in [7, 11) is -3.83. The van der Waals surface area contributed by atoms with Crippen LogP contribution in [0.15, 0.2) is 76.3 Å². The summed E-state index contributed by atoms with van der Waals surface area (Å²) in [6.07, 6.45) is -0.388. The van der Waals surface area contributed by atoms with Gasteiger partial charge in [-0.3, -0.25) is 0 Å². The fourth-order valence-corrected chi connectivity index (χ4v) is 7.29. The minimum absolute atomic E-state index is 0.0171. The first-order valence-electron chi connectivity index (χ1n) is 17.6. The average molecular weight is 762 g/mol. The van der Waals surface area contributed by atoms with Gasteiger partial charge in [0.05, 0.1) is 22.0 Å². The second-order valence-corrected chi connectivity index (χ2v) is 18.2. The largest absolute Gasteiger partial charge is 0.444 e. The number of hydrogen-bond donors (Lipinski definition) is 0. The molecule has 0 bridgehead atoms. The number of rotatable bonds is 6. The topological polar surface area (TPSA) is 171 Å². The zero-order valence-corrected chi connectivity index (χ0v) is 32.9. The quantitative estimate of drug-likeness (QED) is 0.172. The van der Waals surface area contributed by atoms with E-state index >= 15 is 0 Å².